The van der Waals surface area contributed by atoms with Gasteiger partial charge in [-0.05, 0) is 53.9 Å². The lowest BCUT2D eigenvalue weighted by Crippen LogP contribution is -2.41. The summed E-state index contributed by atoms with van der Waals surface area (Å²) in [5.74, 6) is -0.156. The van der Waals surface area contributed by atoms with E-state index in [-0.39, 0.29) is 23.1 Å². The first kappa shape index (κ1) is 15.9. The average molecular weight is 381 g/mol. The summed E-state index contributed by atoms with van der Waals surface area (Å²) < 4.78 is 27.1. The topological polar surface area (TPSA) is 54.5 Å². The van der Waals surface area contributed by atoms with Crippen LogP contribution in [0.4, 0.5) is 0 Å². The van der Waals surface area contributed by atoms with Crippen molar-refractivity contribution in [3.8, 4) is 0 Å². The van der Waals surface area contributed by atoms with Gasteiger partial charge in [-0.1, -0.05) is 11.6 Å². The molecule has 1 aromatic carbocycles. The van der Waals surface area contributed by atoms with Crippen LogP contribution >= 0.6 is 27.5 Å². The fourth-order valence-corrected chi connectivity index (χ4v) is 4.48. The number of hydrogen-bond acceptors (Lipinski definition) is 3. The van der Waals surface area contributed by atoms with E-state index in [2.05, 4.69) is 15.9 Å². The summed E-state index contributed by atoms with van der Waals surface area (Å²) >= 11 is 9.11. The van der Waals surface area contributed by atoms with Crippen molar-refractivity contribution in [3.05, 3.63) is 27.7 Å². The maximum absolute atomic E-state index is 12.6. The van der Waals surface area contributed by atoms with Crippen molar-refractivity contribution in [1.82, 2.24) is 4.31 Å². The maximum atomic E-state index is 12.6. The quantitative estimate of drug-likeness (QED) is 0.809. The van der Waals surface area contributed by atoms with Gasteiger partial charge in [-0.25, -0.2) is 8.42 Å². The lowest BCUT2D eigenvalue weighted by atomic mass is 9.96. The maximum Gasteiger partial charge on any atom is 0.243 e. The molecule has 0 N–H and O–H groups in total. The predicted octanol–water partition coefficient (Wildman–Crippen LogP) is 3.09. The summed E-state index contributed by atoms with van der Waals surface area (Å²) in [5.41, 5.74) is 0. The van der Waals surface area contributed by atoms with E-state index in [4.69, 9.17) is 11.6 Å². The Hall–Kier alpha value is -0.430. The Morgan fingerprint density at radius 1 is 1.45 bits per heavy atom. The number of ketones is 1. The molecule has 0 amide bonds. The summed E-state index contributed by atoms with van der Waals surface area (Å²) in [7, 11) is -3.58. The molecule has 0 spiro atoms. The third-order valence-electron chi connectivity index (χ3n) is 3.49. The molecule has 20 heavy (non-hydrogen) atoms. The number of halogens is 2. The molecule has 110 valence electrons. The van der Waals surface area contributed by atoms with Crippen LogP contribution in [0.15, 0.2) is 27.6 Å². The summed E-state index contributed by atoms with van der Waals surface area (Å²) in [5, 5.41) is 0.462. The van der Waals surface area contributed by atoms with Gasteiger partial charge >= 0.3 is 0 Å². The van der Waals surface area contributed by atoms with E-state index in [0.717, 1.165) is 6.42 Å². The average Bonchev–Trinajstić information content (AvgIpc) is 2.42. The van der Waals surface area contributed by atoms with Crippen molar-refractivity contribution < 1.29 is 13.2 Å². The van der Waals surface area contributed by atoms with Crippen LogP contribution in [0.5, 0.6) is 0 Å². The SMILES string of the molecule is CC(=O)C1CCCN(S(=O)(=O)c2ccc(Cl)c(Br)c2)C1. The van der Waals surface area contributed by atoms with Gasteiger partial charge in [-0.2, -0.15) is 4.31 Å². The molecule has 1 saturated heterocycles. The van der Waals surface area contributed by atoms with Gasteiger partial charge < -0.3 is 0 Å². The lowest BCUT2D eigenvalue weighted by molar-refractivity contribution is -0.121. The summed E-state index contributed by atoms with van der Waals surface area (Å²) in [6.45, 7) is 2.23. The number of carbonyl (C=O) groups excluding carboxylic acids is 1. The van der Waals surface area contributed by atoms with Gasteiger partial charge in [0.1, 0.15) is 5.78 Å². The molecule has 0 aliphatic carbocycles. The number of nitrogens with zero attached hydrogens (tertiary/aromatic N) is 1. The van der Waals surface area contributed by atoms with E-state index in [1.807, 2.05) is 0 Å². The zero-order valence-electron chi connectivity index (χ0n) is 11.0. The number of Topliss-reactive ketones (excluding diaryl/α,β-unsaturated/α-hetero) is 1. The standard InChI is InChI=1S/C13H15BrClNO3S/c1-9(17)10-3-2-6-16(8-10)20(18,19)11-4-5-13(15)12(14)7-11/h4-5,7,10H,2-3,6,8H2,1H3. The number of rotatable bonds is 3. The highest BCUT2D eigenvalue weighted by Crippen LogP contribution is 2.29. The van der Waals surface area contributed by atoms with Gasteiger partial charge in [0, 0.05) is 23.5 Å². The molecule has 0 aromatic heterocycles. The van der Waals surface area contributed by atoms with Crippen LogP contribution in [0.1, 0.15) is 19.8 Å². The molecule has 7 heteroatoms. The normalized spacial score (nSPS) is 20.9. The smallest absolute Gasteiger partial charge is 0.243 e. The molecule has 1 aromatic rings. The Balaban J connectivity index is 2.29. The van der Waals surface area contributed by atoms with E-state index in [1.165, 1.54) is 23.4 Å². The van der Waals surface area contributed by atoms with Crippen LogP contribution < -0.4 is 0 Å². The second-order valence-corrected chi connectivity index (χ2v) is 8.09. The fraction of sp³-hybridized carbons (Fsp3) is 0.462. The number of carbonyl (C=O) groups is 1. The molecule has 0 saturated carbocycles. The van der Waals surface area contributed by atoms with E-state index in [0.29, 0.717) is 22.5 Å². The van der Waals surface area contributed by atoms with Gasteiger partial charge in [0.2, 0.25) is 10.0 Å². The van der Waals surface area contributed by atoms with Crippen molar-refractivity contribution in [2.24, 2.45) is 5.92 Å². The van der Waals surface area contributed by atoms with Crippen LogP contribution in [-0.4, -0.2) is 31.6 Å². The summed E-state index contributed by atoms with van der Waals surface area (Å²) in [6, 6.07) is 4.53. The van der Waals surface area contributed by atoms with Crippen LogP contribution in [0.3, 0.4) is 0 Å². The minimum absolute atomic E-state index is 0.0437. The predicted molar refractivity (Wildman–Crippen MR) is 81.3 cm³/mol. The third-order valence-corrected chi connectivity index (χ3v) is 6.56. The first-order chi connectivity index (χ1) is 9.32. The van der Waals surface area contributed by atoms with Crippen LogP contribution in [0.2, 0.25) is 5.02 Å². The fourth-order valence-electron chi connectivity index (χ4n) is 2.28. The van der Waals surface area contributed by atoms with Crippen molar-refractivity contribution >= 4 is 43.3 Å². The van der Waals surface area contributed by atoms with Crippen LogP contribution in [0, 0.1) is 5.92 Å². The van der Waals surface area contributed by atoms with Crippen LogP contribution in [0.25, 0.3) is 0 Å². The number of hydrogen-bond donors (Lipinski definition) is 0. The van der Waals surface area contributed by atoms with Gasteiger partial charge in [0.05, 0.1) is 9.92 Å². The minimum atomic E-state index is -3.58. The molecular formula is C13H15BrClNO3S. The first-order valence-electron chi connectivity index (χ1n) is 6.28. The number of piperidine rings is 1. The lowest BCUT2D eigenvalue weighted by Gasteiger charge is -2.30. The molecule has 1 heterocycles. The molecule has 1 fully saturated rings. The molecule has 0 radical (unpaired) electrons. The molecule has 4 nitrogen and oxygen atoms in total. The molecule has 1 aliphatic heterocycles. The minimum Gasteiger partial charge on any atom is -0.300 e. The van der Waals surface area contributed by atoms with Crippen molar-refractivity contribution in [2.75, 3.05) is 13.1 Å². The molecule has 1 aliphatic rings. The molecule has 1 unspecified atom stereocenters. The van der Waals surface area contributed by atoms with Gasteiger partial charge in [0.15, 0.2) is 0 Å². The number of sulfonamides is 1. The van der Waals surface area contributed by atoms with Crippen molar-refractivity contribution in [2.45, 2.75) is 24.7 Å². The van der Waals surface area contributed by atoms with E-state index < -0.39 is 10.0 Å². The van der Waals surface area contributed by atoms with Crippen molar-refractivity contribution in [3.63, 3.8) is 0 Å². The Bertz CT molecular complexity index is 633. The Morgan fingerprint density at radius 3 is 2.75 bits per heavy atom. The Kier molecular flexibility index (Phi) is 4.89. The van der Waals surface area contributed by atoms with Crippen molar-refractivity contribution in [1.29, 1.82) is 0 Å². The Labute approximate surface area is 132 Å². The monoisotopic (exact) mass is 379 g/mol. The third kappa shape index (κ3) is 3.24. The second-order valence-electron chi connectivity index (χ2n) is 4.89. The van der Waals surface area contributed by atoms with E-state index >= 15 is 0 Å². The Morgan fingerprint density at radius 2 is 2.15 bits per heavy atom. The highest BCUT2D eigenvalue weighted by Gasteiger charge is 2.32. The van der Waals surface area contributed by atoms with Crippen LogP contribution in [-0.2, 0) is 14.8 Å². The van der Waals surface area contributed by atoms with E-state index in [1.54, 1.807) is 6.07 Å². The molecule has 2 rings (SSSR count). The molecular weight excluding hydrogens is 366 g/mol. The summed E-state index contributed by atoms with van der Waals surface area (Å²) in [4.78, 5) is 11.7. The molecule has 0 bridgehead atoms. The van der Waals surface area contributed by atoms with Gasteiger partial charge in [-0.15, -0.1) is 0 Å². The first-order valence-corrected chi connectivity index (χ1v) is 8.89. The molecule has 1 atom stereocenters. The van der Waals surface area contributed by atoms with Gasteiger partial charge in [-0.3, -0.25) is 4.79 Å². The van der Waals surface area contributed by atoms with E-state index in [9.17, 15) is 13.2 Å². The zero-order chi connectivity index (χ0) is 14.9. The summed E-state index contributed by atoms with van der Waals surface area (Å²) in [6.07, 6.45) is 1.46. The highest BCUT2D eigenvalue weighted by atomic mass is 79.9. The second kappa shape index (κ2) is 6.13. The number of benzene rings is 1. The highest BCUT2D eigenvalue weighted by molar-refractivity contribution is 9.10. The zero-order valence-corrected chi connectivity index (χ0v) is 14.1. The largest absolute Gasteiger partial charge is 0.300 e. The van der Waals surface area contributed by atoms with Gasteiger partial charge in [0.25, 0.3) is 0 Å².